The van der Waals surface area contributed by atoms with Crippen LogP contribution in [-0.2, 0) is 14.1 Å². The molecule has 0 aliphatic carbocycles. The lowest BCUT2D eigenvalue weighted by Crippen LogP contribution is -1.83. The van der Waals surface area contributed by atoms with Gasteiger partial charge in [-0.15, -0.1) is 22.7 Å². The van der Waals surface area contributed by atoms with Crippen molar-refractivity contribution in [2.24, 2.45) is 14.1 Å². The smallest absolute Gasteiger partial charge is 0.0542 e. The second kappa shape index (κ2) is 5.71. The highest BCUT2D eigenvalue weighted by Gasteiger charge is 2.15. The zero-order valence-electron chi connectivity index (χ0n) is 17.6. The third kappa shape index (κ3) is 2.14. The fourth-order valence-electron chi connectivity index (χ4n) is 5.28. The number of rotatable bonds is 0. The molecule has 32 heavy (non-hydrogen) atoms. The summed E-state index contributed by atoms with van der Waals surface area (Å²) in [5.41, 5.74) is 2.58. The van der Waals surface area contributed by atoms with E-state index in [0.717, 1.165) is 0 Å². The summed E-state index contributed by atoms with van der Waals surface area (Å²) in [5.74, 6) is 0. The highest BCUT2D eigenvalue weighted by molar-refractivity contribution is 7.36. The van der Waals surface area contributed by atoms with Crippen LogP contribution in [0.1, 0.15) is 0 Å². The predicted octanol–water partition coefficient (Wildman–Crippen LogP) is 8.56. The molecule has 4 heteroatoms. The molecule has 0 spiro atoms. The Kier molecular flexibility index (Phi) is 3.08. The molecule has 4 heterocycles. The first kappa shape index (κ1) is 17.2. The van der Waals surface area contributed by atoms with Crippen molar-refractivity contribution >= 4 is 95.6 Å². The lowest BCUT2D eigenvalue weighted by molar-refractivity contribution is 0.970. The zero-order chi connectivity index (χ0) is 21.1. The van der Waals surface area contributed by atoms with Gasteiger partial charge in [-0.3, -0.25) is 0 Å². The molecular formula is C28H18N2S2. The first-order valence-corrected chi connectivity index (χ1v) is 12.4. The summed E-state index contributed by atoms with van der Waals surface area (Å²) in [6.07, 6.45) is 4.29. The number of hydrogen-bond acceptors (Lipinski definition) is 2. The SMILES string of the molecule is Cn1ccc2cc3cc4c(cc3cc21)sc1c2cc3cc5ccn(C)c5cc3cc2sc41. The molecule has 152 valence electrons. The van der Waals surface area contributed by atoms with Crippen molar-refractivity contribution in [1.82, 2.24) is 9.13 Å². The summed E-state index contributed by atoms with van der Waals surface area (Å²) in [6, 6.07) is 23.3. The van der Waals surface area contributed by atoms with Crippen LogP contribution in [0, 0.1) is 0 Å². The second-order valence-corrected chi connectivity index (χ2v) is 11.0. The molecule has 2 nitrogen and oxygen atoms in total. The number of fused-ring (bicyclic) bond motifs is 9. The molecule has 0 N–H and O–H groups in total. The molecule has 8 rings (SSSR count). The number of benzene rings is 4. The maximum absolute atomic E-state index is 2.40. The molecular weight excluding hydrogens is 428 g/mol. The Balaban J connectivity index is 1.46. The number of aromatic nitrogens is 2. The highest BCUT2D eigenvalue weighted by Crippen LogP contribution is 2.46. The number of thiophene rings is 2. The Bertz CT molecular complexity index is 1910. The van der Waals surface area contributed by atoms with Crippen molar-refractivity contribution < 1.29 is 0 Å². The van der Waals surface area contributed by atoms with E-state index >= 15 is 0 Å². The van der Waals surface area contributed by atoms with Crippen LogP contribution < -0.4 is 0 Å². The molecule has 0 unspecified atom stereocenters. The fourth-order valence-corrected chi connectivity index (χ4v) is 7.98. The average Bonchev–Trinajstić information content (AvgIpc) is 3.52. The third-order valence-corrected chi connectivity index (χ3v) is 9.50. The van der Waals surface area contributed by atoms with E-state index in [-0.39, 0.29) is 0 Å². The van der Waals surface area contributed by atoms with Crippen LogP contribution >= 0.6 is 22.7 Å². The quantitative estimate of drug-likeness (QED) is 0.221. The first-order valence-electron chi connectivity index (χ1n) is 10.8. The van der Waals surface area contributed by atoms with E-state index < -0.39 is 0 Å². The van der Waals surface area contributed by atoms with Crippen LogP contribution in [-0.4, -0.2) is 9.13 Å². The van der Waals surface area contributed by atoms with E-state index in [1.165, 1.54) is 72.9 Å². The minimum absolute atomic E-state index is 1.29. The van der Waals surface area contributed by atoms with E-state index in [0.29, 0.717) is 0 Å². The molecule has 0 saturated heterocycles. The van der Waals surface area contributed by atoms with Crippen molar-refractivity contribution in [3.63, 3.8) is 0 Å². The second-order valence-electron chi connectivity index (χ2n) is 8.93. The van der Waals surface area contributed by atoms with Crippen molar-refractivity contribution in [2.75, 3.05) is 0 Å². The van der Waals surface area contributed by atoms with E-state index in [1.807, 2.05) is 22.7 Å². The Hall–Kier alpha value is -3.34. The third-order valence-electron chi connectivity index (χ3n) is 7.00. The summed E-state index contributed by atoms with van der Waals surface area (Å²) in [7, 11) is 4.24. The predicted molar refractivity (Wildman–Crippen MR) is 143 cm³/mol. The molecule has 0 saturated carbocycles. The van der Waals surface area contributed by atoms with Crippen molar-refractivity contribution in [3.8, 4) is 0 Å². The summed E-state index contributed by atoms with van der Waals surface area (Å²) in [4.78, 5) is 0. The maximum Gasteiger partial charge on any atom is 0.0542 e. The Morgan fingerprint density at radius 3 is 1.41 bits per heavy atom. The molecule has 4 aromatic heterocycles. The van der Waals surface area contributed by atoms with Crippen LogP contribution in [0.25, 0.3) is 72.9 Å². The van der Waals surface area contributed by atoms with Gasteiger partial charge < -0.3 is 9.13 Å². The molecule has 8 aromatic rings. The van der Waals surface area contributed by atoms with Gasteiger partial charge >= 0.3 is 0 Å². The van der Waals surface area contributed by atoms with Crippen LogP contribution in [0.4, 0.5) is 0 Å². The van der Waals surface area contributed by atoms with Gasteiger partial charge in [-0.1, -0.05) is 0 Å². The minimum atomic E-state index is 1.29. The molecule has 0 fully saturated rings. The summed E-state index contributed by atoms with van der Waals surface area (Å²) in [5, 5.41) is 10.7. The van der Waals surface area contributed by atoms with E-state index in [1.54, 1.807) is 0 Å². The molecule has 0 radical (unpaired) electrons. The van der Waals surface area contributed by atoms with Crippen LogP contribution in [0.5, 0.6) is 0 Å². The largest absolute Gasteiger partial charge is 0.351 e. The van der Waals surface area contributed by atoms with E-state index in [2.05, 4.69) is 96.3 Å². The minimum Gasteiger partial charge on any atom is -0.351 e. The average molecular weight is 447 g/mol. The molecule has 4 aromatic carbocycles. The van der Waals surface area contributed by atoms with Gasteiger partial charge in [0.1, 0.15) is 0 Å². The van der Waals surface area contributed by atoms with Gasteiger partial charge in [-0.05, 0) is 82.2 Å². The number of aryl methyl sites for hydroxylation is 2. The molecule has 0 atom stereocenters. The van der Waals surface area contributed by atoms with Gasteiger partial charge in [0.15, 0.2) is 0 Å². The summed E-state index contributed by atoms with van der Waals surface area (Å²) < 4.78 is 10.0. The van der Waals surface area contributed by atoms with Gasteiger partial charge in [-0.2, -0.15) is 0 Å². The molecule has 0 aliphatic heterocycles. The van der Waals surface area contributed by atoms with Crippen molar-refractivity contribution in [3.05, 3.63) is 73.1 Å². The Labute approximate surface area is 191 Å². The summed E-state index contributed by atoms with van der Waals surface area (Å²) >= 11 is 3.88. The molecule has 0 amide bonds. The zero-order valence-corrected chi connectivity index (χ0v) is 19.3. The lowest BCUT2D eigenvalue weighted by Gasteiger charge is -2.03. The fraction of sp³-hybridized carbons (Fsp3) is 0.0714. The van der Waals surface area contributed by atoms with Gasteiger partial charge in [-0.25, -0.2) is 0 Å². The van der Waals surface area contributed by atoms with E-state index in [4.69, 9.17) is 0 Å². The van der Waals surface area contributed by atoms with E-state index in [9.17, 15) is 0 Å². The topological polar surface area (TPSA) is 9.86 Å². The monoisotopic (exact) mass is 446 g/mol. The van der Waals surface area contributed by atoms with Gasteiger partial charge in [0.25, 0.3) is 0 Å². The van der Waals surface area contributed by atoms with Crippen molar-refractivity contribution in [1.29, 1.82) is 0 Å². The van der Waals surface area contributed by atoms with Crippen LogP contribution in [0.15, 0.2) is 73.1 Å². The molecule has 0 bridgehead atoms. The standard InChI is InChI=1S/C28H18N2S2/c1-29-5-3-15-7-17-9-21-25(13-19(17)11-23(15)29)31-28-22-10-18-8-16-4-6-30(2)24(16)12-20(18)14-26(22)32-27(21)28/h3-14H,1-2H3. The number of nitrogens with zero attached hydrogens (tertiary/aromatic N) is 2. The van der Waals surface area contributed by atoms with Gasteiger partial charge in [0.2, 0.25) is 0 Å². The highest BCUT2D eigenvalue weighted by atomic mass is 32.1. The normalized spacial score (nSPS) is 12.7. The van der Waals surface area contributed by atoms with Gasteiger partial charge in [0, 0.05) is 68.5 Å². The van der Waals surface area contributed by atoms with Crippen LogP contribution in [0.3, 0.4) is 0 Å². The van der Waals surface area contributed by atoms with Crippen LogP contribution in [0.2, 0.25) is 0 Å². The summed E-state index contributed by atoms with van der Waals surface area (Å²) in [6.45, 7) is 0. The Morgan fingerprint density at radius 1 is 0.500 bits per heavy atom. The van der Waals surface area contributed by atoms with Gasteiger partial charge in [0.05, 0.1) is 9.40 Å². The van der Waals surface area contributed by atoms with Crippen molar-refractivity contribution in [2.45, 2.75) is 0 Å². The maximum atomic E-state index is 2.40. The Morgan fingerprint density at radius 2 is 0.938 bits per heavy atom. The lowest BCUT2D eigenvalue weighted by atomic mass is 10.1. The molecule has 0 aliphatic rings. The first-order chi connectivity index (χ1) is 15.6. The number of hydrogen-bond donors (Lipinski definition) is 0.